The van der Waals surface area contributed by atoms with Gasteiger partial charge in [0.1, 0.15) is 24.7 Å². The third kappa shape index (κ3) is 10.4. The van der Waals surface area contributed by atoms with Gasteiger partial charge in [-0.1, -0.05) is 30.3 Å². The Morgan fingerprint density at radius 1 is 1.03 bits per heavy atom. The van der Waals surface area contributed by atoms with Crippen molar-refractivity contribution in [2.24, 2.45) is 11.5 Å². The Labute approximate surface area is 223 Å². The lowest BCUT2D eigenvalue weighted by Gasteiger charge is -2.29. The minimum absolute atomic E-state index is 0.00119. The molecule has 0 saturated carbocycles. The molecule has 1 aromatic carbocycles. The Balaban J connectivity index is 2.02. The molecule has 1 aromatic rings. The van der Waals surface area contributed by atoms with E-state index >= 15 is 0 Å². The maximum atomic E-state index is 13.4. The fourth-order valence-electron chi connectivity index (χ4n) is 4.28. The Kier molecular flexibility index (Phi) is 12.5. The fourth-order valence-corrected chi connectivity index (χ4v) is 4.28. The molecule has 0 aromatic heterocycles. The maximum absolute atomic E-state index is 13.4. The number of hydrogen-bond donors (Lipinski definition) is 4. The Morgan fingerprint density at radius 3 is 2.37 bits per heavy atom. The number of nitrogens with two attached hydrogens (primary N) is 2. The van der Waals surface area contributed by atoms with E-state index in [1.165, 1.54) is 4.90 Å². The van der Waals surface area contributed by atoms with Gasteiger partial charge in [-0.3, -0.25) is 19.2 Å². The van der Waals surface area contributed by atoms with E-state index in [0.29, 0.717) is 25.7 Å². The first-order valence-electron chi connectivity index (χ1n) is 12.9. The van der Waals surface area contributed by atoms with Crippen LogP contribution >= 0.6 is 0 Å². The van der Waals surface area contributed by atoms with E-state index in [2.05, 4.69) is 10.6 Å². The van der Waals surface area contributed by atoms with E-state index in [9.17, 15) is 24.0 Å². The van der Waals surface area contributed by atoms with Gasteiger partial charge in [0.05, 0.1) is 0 Å². The molecular formula is C26H40N6O6. The van der Waals surface area contributed by atoms with Gasteiger partial charge in [0, 0.05) is 13.0 Å². The number of rotatable bonds is 15. The molecule has 38 heavy (non-hydrogen) atoms. The summed E-state index contributed by atoms with van der Waals surface area (Å²) in [6.45, 7) is 1.13. The number of alkyl carbamates (subject to hydrolysis) is 1. The summed E-state index contributed by atoms with van der Waals surface area (Å²) >= 11 is 0. The van der Waals surface area contributed by atoms with E-state index in [-0.39, 0.29) is 26.0 Å². The van der Waals surface area contributed by atoms with Crippen LogP contribution in [0.3, 0.4) is 0 Å². The number of unbranched alkanes of at least 4 members (excludes halogenated alkanes) is 1. The largest absolute Gasteiger partial charge is 0.445 e. The summed E-state index contributed by atoms with van der Waals surface area (Å²) in [5.74, 6) is -2.27. The molecule has 0 aliphatic carbocycles. The second-order valence-electron chi connectivity index (χ2n) is 9.72. The van der Waals surface area contributed by atoms with Crippen LogP contribution in [0.4, 0.5) is 4.79 Å². The third-order valence-corrected chi connectivity index (χ3v) is 6.33. The molecule has 1 aliphatic heterocycles. The van der Waals surface area contributed by atoms with Gasteiger partial charge in [-0.05, 0) is 64.7 Å². The molecule has 2 rings (SSSR count). The van der Waals surface area contributed by atoms with E-state index in [4.69, 9.17) is 16.2 Å². The van der Waals surface area contributed by atoms with E-state index < -0.39 is 47.8 Å². The highest BCUT2D eigenvalue weighted by Crippen LogP contribution is 2.20. The highest BCUT2D eigenvalue weighted by Gasteiger charge is 2.38. The molecular weight excluding hydrogens is 492 g/mol. The monoisotopic (exact) mass is 532 g/mol. The summed E-state index contributed by atoms with van der Waals surface area (Å²) in [6, 6.07) is 6.24. The molecule has 12 nitrogen and oxygen atoms in total. The van der Waals surface area contributed by atoms with Crippen LogP contribution in [0.15, 0.2) is 30.3 Å². The Bertz CT molecular complexity index is 957. The molecule has 210 valence electrons. The topological polar surface area (TPSA) is 177 Å². The summed E-state index contributed by atoms with van der Waals surface area (Å²) in [4.78, 5) is 65.7. The van der Waals surface area contributed by atoms with Gasteiger partial charge in [-0.2, -0.15) is 0 Å². The summed E-state index contributed by atoms with van der Waals surface area (Å²) in [5.41, 5.74) is 11.5. The van der Waals surface area contributed by atoms with Crippen LogP contribution in [0.25, 0.3) is 0 Å². The van der Waals surface area contributed by atoms with Crippen LogP contribution in [0.5, 0.6) is 0 Å². The summed E-state index contributed by atoms with van der Waals surface area (Å²) < 4.78 is 5.22. The highest BCUT2D eigenvalue weighted by atomic mass is 16.5. The van der Waals surface area contributed by atoms with Crippen molar-refractivity contribution in [3.8, 4) is 0 Å². The van der Waals surface area contributed by atoms with Gasteiger partial charge in [0.15, 0.2) is 0 Å². The fraction of sp³-hybridized carbons (Fsp3) is 0.577. The predicted octanol–water partition coefficient (Wildman–Crippen LogP) is 0.240. The number of hydrogen-bond acceptors (Lipinski definition) is 7. The summed E-state index contributed by atoms with van der Waals surface area (Å²) in [5, 5.41) is 5.20. The van der Waals surface area contributed by atoms with Gasteiger partial charge < -0.3 is 36.6 Å². The summed E-state index contributed by atoms with van der Waals surface area (Å²) in [6.07, 6.45) is 1.87. The number of ether oxygens (including phenoxy) is 1. The van der Waals surface area contributed by atoms with Crippen molar-refractivity contribution >= 4 is 29.7 Å². The number of nitrogens with one attached hydrogen (secondary N) is 2. The van der Waals surface area contributed by atoms with Gasteiger partial charge in [-0.15, -0.1) is 0 Å². The SMILES string of the molecule is CN(C)CCCCC(NC(=O)C1CCCN1C(=O)C(CCC(N)=O)NC(=O)OCc1ccccc1)C(N)=O. The number of carbonyl (C=O) groups is 5. The average molecular weight is 533 g/mol. The molecule has 0 spiro atoms. The number of carbonyl (C=O) groups excluding carboxylic acids is 5. The molecule has 1 heterocycles. The smallest absolute Gasteiger partial charge is 0.408 e. The number of nitrogens with zero attached hydrogens (tertiary/aromatic N) is 2. The van der Waals surface area contributed by atoms with Crippen molar-refractivity contribution < 1.29 is 28.7 Å². The number of benzene rings is 1. The van der Waals surface area contributed by atoms with E-state index in [0.717, 1.165) is 18.5 Å². The third-order valence-electron chi connectivity index (χ3n) is 6.33. The first-order valence-corrected chi connectivity index (χ1v) is 12.9. The van der Waals surface area contributed by atoms with E-state index in [1.54, 1.807) is 24.3 Å². The van der Waals surface area contributed by atoms with Crippen molar-refractivity contribution in [1.82, 2.24) is 20.4 Å². The molecule has 12 heteroatoms. The van der Waals surface area contributed by atoms with Gasteiger partial charge in [0.25, 0.3) is 0 Å². The van der Waals surface area contributed by atoms with Crippen LogP contribution in [0.1, 0.15) is 50.5 Å². The standard InChI is InChI=1S/C26H40N6O6/c1-31(2)15-7-6-11-19(23(28)34)29-24(35)21-12-8-16-32(21)25(36)20(13-14-22(27)33)30-26(37)38-17-18-9-4-3-5-10-18/h3-5,9-10,19-21H,6-8,11-17H2,1-2H3,(H2,27,33)(H2,28,34)(H,29,35)(H,30,37). The molecule has 0 radical (unpaired) electrons. The minimum atomic E-state index is -1.11. The van der Waals surface area contributed by atoms with Crippen LogP contribution in [0.2, 0.25) is 0 Å². The zero-order chi connectivity index (χ0) is 28.1. The molecule has 3 atom stereocenters. The Hall–Kier alpha value is -3.67. The Morgan fingerprint density at radius 2 is 1.74 bits per heavy atom. The molecule has 1 fully saturated rings. The lowest BCUT2D eigenvalue weighted by Crippen LogP contribution is -2.56. The first kappa shape index (κ1) is 30.6. The van der Waals surface area contributed by atoms with Crippen LogP contribution in [0, 0.1) is 0 Å². The van der Waals surface area contributed by atoms with Crippen molar-refractivity contribution in [2.75, 3.05) is 27.2 Å². The lowest BCUT2D eigenvalue weighted by molar-refractivity contribution is -0.141. The van der Waals surface area contributed by atoms with Gasteiger partial charge in [-0.25, -0.2) is 4.79 Å². The first-order chi connectivity index (χ1) is 18.1. The van der Waals surface area contributed by atoms with Gasteiger partial charge in [0.2, 0.25) is 23.6 Å². The number of primary amides is 2. The van der Waals surface area contributed by atoms with Crippen molar-refractivity contribution in [2.45, 2.75) is 69.7 Å². The second-order valence-corrected chi connectivity index (χ2v) is 9.72. The van der Waals surface area contributed by atoms with Crippen molar-refractivity contribution in [3.63, 3.8) is 0 Å². The van der Waals surface area contributed by atoms with Crippen LogP contribution in [-0.4, -0.2) is 84.8 Å². The molecule has 0 bridgehead atoms. The average Bonchev–Trinajstić information content (AvgIpc) is 3.37. The quantitative estimate of drug-likeness (QED) is 0.234. The normalized spacial score (nSPS) is 16.5. The van der Waals surface area contributed by atoms with Crippen LogP contribution in [-0.2, 0) is 30.5 Å². The predicted molar refractivity (Wildman–Crippen MR) is 140 cm³/mol. The van der Waals surface area contributed by atoms with Crippen molar-refractivity contribution in [3.05, 3.63) is 35.9 Å². The highest BCUT2D eigenvalue weighted by molar-refractivity contribution is 5.94. The number of likely N-dealkylation sites (tertiary alicyclic amines) is 1. The molecule has 1 saturated heterocycles. The number of amides is 5. The molecule has 3 unspecified atom stereocenters. The lowest BCUT2D eigenvalue weighted by atomic mass is 10.1. The molecule has 1 aliphatic rings. The maximum Gasteiger partial charge on any atom is 0.408 e. The van der Waals surface area contributed by atoms with Crippen LogP contribution < -0.4 is 22.1 Å². The van der Waals surface area contributed by atoms with Crippen molar-refractivity contribution in [1.29, 1.82) is 0 Å². The zero-order valence-electron chi connectivity index (χ0n) is 22.2. The van der Waals surface area contributed by atoms with Gasteiger partial charge >= 0.3 is 6.09 Å². The molecule has 6 N–H and O–H groups in total. The second kappa shape index (κ2) is 15.6. The zero-order valence-corrected chi connectivity index (χ0v) is 22.2. The minimum Gasteiger partial charge on any atom is -0.445 e. The molecule has 5 amide bonds. The summed E-state index contributed by atoms with van der Waals surface area (Å²) in [7, 11) is 3.90. The van der Waals surface area contributed by atoms with E-state index in [1.807, 2.05) is 25.1 Å².